The summed E-state index contributed by atoms with van der Waals surface area (Å²) in [5.74, 6) is 1.62. The van der Waals surface area contributed by atoms with Gasteiger partial charge in [0.1, 0.15) is 11.6 Å². The van der Waals surface area contributed by atoms with Gasteiger partial charge in [0.25, 0.3) is 0 Å². The summed E-state index contributed by atoms with van der Waals surface area (Å²) in [6.45, 7) is 2.08. The molecule has 2 aromatic carbocycles. The number of hydrogen-bond donors (Lipinski definition) is 1. The van der Waals surface area contributed by atoms with Crippen LogP contribution in [0.15, 0.2) is 42.5 Å². The largest absolute Gasteiger partial charge is 0.497 e. The number of ether oxygens (including phenoxy) is 1. The van der Waals surface area contributed by atoms with Crippen LogP contribution in [0.2, 0.25) is 10.0 Å². The number of benzene rings is 2. The van der Waals surface area contributed by atoms with Gasteiger partial charge in [-0.15, -0.1) is 0 Å². The Morgan fingerprint density at radius 1 is 1.27 bits per heavy atom. The quantitative estimate of drug-likeness (QED) is 0.466. The number of anilines is 1. The van der Waals surface area contributed by atoms with Crippen molar-refractivity contribution in [2.45, 2.75) is 25.7 Å². The maximum atomic E-state index is 12.8. The second kappa shape index (κ2) is 11.2. The summed E-state index contributed by atoms with van der Waals surface area (Å²) < 4.78 is 9.83. The first-order valence-electron chi connectivity index (χ1n) is 10.9. The van der Waals surface area contributed by atoms with Crippen molar-refractivity contribution in [3.63, 3.8) is 0 Å². The highest BCUT2D eigenvalue weighted by atomic mass is 35.5. The minimum Gasteiger partial charge on any atom is -0.497 e. The molecule has 1 fully saturated rings. The molecule has 174 valence electrons. The summed E-state index contributed by atoms with van der Waals surface area (Å²) in [6.07, 6.45) is 3.15. The zero-order valence-corrected chi connectivity index (χ0v) is 20.7. The van der Waals surface area contributed by atoms with Crippen LogP contribution in [0.3, 0.4) is 0 Å². The molecule has 0 spiro atoms. The molecule has 4 rings (SSSR count). The molecule has 1 amide bonds. The number of rotatable bonds is 8. The smallest absolute Gasteiger partial charge is 0.224 e. The summed E-state index contributed by atoms with van der Waals surface area (Å²) in [7, 11) is 1.66. The van der Waals surface area contributed by atoms with Crippen LogP contribution in [-0.2, 0) is 17.6 Å². The number of piperidine rings is 1. The summed E-state index contributed by atoms with van der Waals surface area (Å²) in [4.78, 5) is 19.7. The molecule has 1 aliphatic rings. The first-order chi connectivity index (χ1) is 16.0. The minimum atomic E-state index is -0.0647. The zero-order chi connectivity index (χ0) is 23.2. The molecule has 33 heavy (non-hydrogen) atoms. The maximum Gasteiger partial charge on any atom is 0.224 e. The van der Waals surface area contributed by atoms with E-state index in [2.05, 4.69) is 14.6 Å². The van der Waals surface area contributed by atoms with Gasteiger partial charge in [0.05, 0.1) is 13.0 Å². The summed E-state index contributed by atoms with van der Waals surface area (Å²) in [6, 6.07) is 13.4. The van der Waals surface area contributed by atoms with E-state index >= 15 is 0 Å². The molecule has 9 heteroatoms. The van der Waals surface area contributed by atoms with Crippen molar-refractivity contribution in [3.05, 3.63) is 69.5 Å². The van der Waals surface area contributed by atoms with Gasteiger partial charge in [0.2, 0.25) is 11.0 Å². The van der Waals surface area contributed by atoms with E-state index in [4.69, 9.17) is 32.9 Å². The van der Waals surface area contributed by atoms with E-state index in [0.717, 1.165) is 47.2 Å². The fourth-order valence-electron chi connectivity index (χ4n) is 3.96. The molecule has 1 aliphatic heterocycles. The summed E-state index contributed by atoms with van der Waals surface area (Å²) in [5.41, 5.74) is 2.08. The predicted octanol–water partition coefficient (Wildman–Crippen LogP) is 5.02. The van der Waals surface area contributed by atoms with Crippen LogP contribution in [0.1, 0.15) is 29.8 Å². The van der Waals surface area contributed by atoms with Gasteiger partial charge in [-0.1, -0.05) is 41.4 Å². The molecule has 2 heterocycles. The predicted molar refractivity (Wildman–Crippen MR) is 134 cm³/mol. The molecule has 1 aromatic heterocycles. The number of hydrogen-bond acceptors (Lipinski definition) is 6. The molecule has 0 bridgehead atoms. The van der Waals surface area contributed by atoms with Gasteiger partial charge in [0, 0.05) is 47.6 Å². The number of carbonyl (C=O) groups excluding carboxylic acids is 1. The highest BCUT2D eigenvalue weighted by molar-refractivity contribution is 7.09. The molecule has 1 unspecified atom stereocenters. The molecule has 1 saturated heterocycles. The van der Waals surface area contributed by atoms with Gasteiger partial charge in [-0.3, -0.25) is 4.79 Å². The number of nitrogens with one attached hydrogen (secondary N) is 1. The minimum absolute atomic E-state index is 0.0647. The average Bonchev–Trinajstić information content (AvgIpc) is 3.29. The van der Waals surface area contributed by atoms with E-state index < -0.39 is 0 Å². The Hall–Kier alpha value is -2.35. The van der Waals surface area contributed by atoms with Crippen LogP contribution < -0.4 is 15.0 Å². The molecule has 0 radical (unpaired) electrons. The third-order valence-electron chi connectivity index (χ3n) is 5.73. The summed E-state index contributed by atoms with van der Waals surface area (Å²) in [5, 5.41) is 5.17. The molecular formula is C24H26Cl2N4O2S. The van der Waals surface area contributed by atoms with Gasteiger partial charge in [-0.25, -0.2) is 4.98 Å². The fraction of sp³-hybridized carbons (Fsp3) is 0.375. The van der Waals surface area contributed by atoms with Gasteiger partial charge >= 0.3 is 0 Å². The maximum absolute atomic E-state index is 12.8. The van der Waals surface area contributed by atoms with Crippen molar-refractivity contribution in [2.75, 3.05) is 31.6 Å². The summed E-state index contributed by atoms with van der Waals surface area (Å²) >= 11 is 13.6. The molecule has 1 atom stereocenters. The van der Waals surface area contributed by atoms with Crippen LogP contribution in [0.5, 0.6) is 5.75 Å². The molecule has 3 aromatic rings. The third kappa shape index (κ3) is 6.37. The SMILES string of the molecule is COc1cccc(Cc2nsc(N3CCCC(C(=O)NCCc4ccc(Cl)cc4Cl)C3)n2)c1. The van der Waals surface area contributed by atoms with Crippen molar-refractivity contribution in [3.8, 4) is 5.75 Å². The Morgan fingerprint density at radius 3 is 2.97 bits per heavy atom. The number of halogens is 2. The van der Waals surface area contributed by atoms with E-state index in [1.807, 2.05) is 36.4 Å². The van der Waals surface area contributed by atoms with Gasteiger partial charge in [-0.05, 0) is 54.7 Å². The normalized spacial score (nSPS) is 16.0. The highest BCUT2D eigenvalue weighted by Crippen LogP contribution is 2.26. The van der Waals surface area contributed by atoms with E-state index in [9.17, 15) is 4.79 Å². The Morgan fingerprint density at radius 2 is 2.15 bits per heavy atom. The van der Waals surface area contributed by atoms with Crippen LogP contribution >= 0.6 is 34.7 Å². The first-order valence-corrected chi connectivity index (χ1v) is 12.5. The first kappa shape index (κ1) is 23.8. The Labute approximate surface area is 208 Å². The number of carbonyl (C=O) groups is 1. The monoisotopic (exact) mass is 504 g/mol. The second-order valence-corrected chi connectivity index (χ2v) is 9.66. The fourth-order valence-corrected chi connectivity index (χ4v) is 5.19. The van der Waals surface area contributed by atoms with E-state index in [1.165, 1.54) is 11.5 Å². The average molecular weight is 505 g/mol. The lowest BCUT2D eigenvalue weighted by Gasteiger charge is -2.31. The Bertz CT molecular complexity index is 1110. The molecule has 0 aliphatic carbocycles. The van der Waals surface area contributed by atoms with Crippen molar-refractivity contribution < 1.29 is 9.53 Å². The zero-order valence-electron chi connectivity index (χ0n) is 18.4. The van der Waals surface area contributed by atoms with Gasteiger partial charge in [0.15, 0.2) is 0 Å². The molecule has 0 saturated carbocycles. The van der Waals surface area contributed by atoms with Crippen LogP contribution in [0, 0.1) is 5.92 Å². The number of aromatic nitrogens is 2. The topological polar surface area (TPSA) is 67.3 Å². The van der Waals surface area contributed by atoms with Crippen molar-refractivity contribution >= 4 is 45.8 Å². The Kier molecular flexibility index (Phi) is 8.06. The standard InChI is InChI=1S/C24H26Cl2N4O2S/c1-32-20-6-2-4-16(12-20)13-22-28-24(33-29-22)30-11-3-5-18(15-30)23(31)27-10-9-17-7-8-19(25)14-21(17)26/h2,4,6-8,12,14,18H,3,5,9-11,13,15H2,1H3,(H,27,31). The lowest BCUT2D eigenvalue weighted by molar-refractivity contribution is -0.125. The van der Waals surface area contributed by atoms with Crippen LogP contribution in [0.25, 0.3) is 0 Å². The van der Waals surface area contributed by atoms with Crippen molar-refractivity contribution in [1.82, 2.24) is 14.7 Å². The van der Waals surface area contributed by atoms with Crippen molar-refractivity contribution in [2.24, 2.45) is 5.92 Å². The number of nitrogens with zero attached hydrogens (tertiary/aromatic N) is 3. The number of methoxy groups -OCH3 is 1. The van der Waals surface area contributed by atoms with E-state index in [-0.39, 0.29) is 11.8 Å². The van der Waals surface area contributed by atoms with Crippen molar-refractivity contribution in [1.29, 1.82) is 0 Å². The molecule has 1 N–H and O–H groups in total. The van der Waals surface area contributed by atoms with E-state index in [0.29, 0.717) is 36.0 Å². The van der Waals surface area contributed by atoms with Gasteiger partial charge in [-0.2, -0.15) is 4.37 Å². The highest BCUT2D eigenvalue weighted by Gasteiger charge is 2.27. The molecular weight excluding hydrogens is 479 g/mol. The van der Waals surface area contributed by atoms with Crippen LogP contribution in [-0.4, -0.2) is 42.0 Å². The van der Waals surface area contributed by atoms with Gasteiger partial charge < -0.3 is 15.0 Å². The lowest BCUT2D eigenvalue weighted by atomic mass is 9.97. The van der Waals surface area contributed by atoms with E-state index in [1.54, 1.807) is 13.2 Å². The lowest BCUT2D eigenvalue weighted by Crippen LogP contribution is -2.43. The third-order valence-corrected chi connectivity index (χ3v) is 7.13. The second-order valence-electron chi connectivity index (χ2n) is 8.08. The molecule has 6 nitrogen and oxygen atoms in total. The Balaban J connectivity index is 1.30. The number of amides is 1. The van der Waals surface area contributed by atoms with Crippen LogP contribution in [0.4, 0.5) is 5.13 Å².